The van der Waals surface area contributed by atoms with Gasteiger partial charge in [-0.3, -0.25) is 4.98 Å². The Bertz CT molecular complexity index is 985. The van der Waals surface area contributed by atoms with E-state index in [9.17, 15) is 0 Å². The molecule has 0 spiro atoms. The molecule has 2 aromatic heterocycles. The smallest absolute Gasteiger partial charge is 0.0541 e. The van der Waals surface area contributed by atoms with E-state index in [0.717, 1.165) is 25.3 Å². The number of nitrogens with one attached hydrogen (secondary N) is 1. The molecule has 26 heavy (non-hydrogen) atoms. The predicted octanol–water partition coefficient (Wildman–Crippen LogP) is 4.68. The number of rotatable bonds is 6. The third kappa shape index (κ3) is 3.68. The SMILES string of the molecule is Cc1ccc(Cn2cc(CNCc3ccccn3)c3ccccc32)cc1. The van der Waals surface area contributed by atoms with E-state index in [1.54, 1.807) is 0 Å². The second kappa shape index (κ2) is 7.54. The average Bonchev–Trinajstić information content (AvgIpc) is 3.02. The summed E-state index contributed by atoms with van der Waals surface area (Å²) in [5.41, 5.74) is 6.29. The number of aromatic nitrogens is 2. The fourth-order valence-electron chi connectivity index (χ4n) is 3.31. The monoisotopic (exact) mass is 341 g/mol. The molecule has 1 N–H and O–H groups in total. The lowest BCUT2D eigenvalue weighted by Gasteiger charge is -2.06. The summed E-state index contributed by atoms with van der Waals surface area (Å²) < 4.78 is 2.35. The molecule has 0 aliphatic heterocycles. The van der Waals surface area contributed by atoms with Crippen molar-refractivity contribution in [2.45, 2.75) is 26.6 Å². The topological polar surface area (TPSA) is 29.9 Å². The summed E-state index contributed by atoms with van der Waals surface area (Å²) in [4.78, 5) is 4.37. The van der Waals surface area contributed by atoms with E-state index in [1.165, 1.54) is 27.6 Å². The summed E-state index contributed by atoms with van der Waals surface area (Å²) in [6, 6.07) is 23.4. The average molecular weight is 341 g/mol. The lowest BCUT2D eigenvalue weighted by molar-refractivity contribution is 0.679. The van der Waals surface area contributed by atoms with Gasteiger partial charge in [0, 0.05) is 42.9 Å². The zero-order chi connectivity index (χ0) is 17.8. The zero-order valence-corrected chi connectivity index (χ0v) is 15.0. The maximum Gasteiger partial charge on any atom is 0.0541 e. The fourth-order valence-corrected chi connectivity index (χ4v) is 3.31. The van der Waals surface area contributed by atoms with Gasteiger partial charge in [-0.25, -0.2) is 0 Å². The van der Waals surface area contributed by atoms with Crippen LogP contribution in [0.5, 0.6) is 0 Å². The number of benzene rings is 2. The van der Waals surface area contributed by atoms with Crippen LogP contribution in [0.3, 0.4) is 0 Å². The Balaban J connectivity index is 1.54. The number of hydrogen-bond acceptors (Lipinski definition) is 2. The first-order valence-electron chi connectivity index (χ1n) is 9.02. The van der Waals surface area contributed by atoms with Gasteiger partial charge in [-0.05, 0) is 36.2 Å². The minimum absolute atomic E-state index is 0.776. The quantitative estimate of drug-likeness (QED) is 0.552. The van der Waals surface area contributed by atoms with Crippen molar-refractivity contribution in [3.05, 3.63) is 102 Å². The van der Waals surface area contributed by atoms with E-state index >= 15 is 0 Å². The van der Waals surface area contributed by atoms with Gasteiger partial charge in [0.25, 0.3) is 0 Å². The summed E-state index contributed by atoms with van der Waals surface area (Å²) in [6.07, 6.45) is 4.11. The van der Waals surface area contributed by atoms with Crippen molar-refractivity contribution in [1.29, 1.82) is 0 Å². The molecule has 4 aromatic rings. The van der Waals surface area contributed by atoms with Crippen molar-refractivity contribution in [2.24, 2.45) is 0 Å². The van der Waals surface area contributed by atoms with E-state index in [1.807, 2.05) is 24.4 Å². The first kappa shape index (κ1) is 16.6. The largest absolute Gasteiger partial charge is 0.343 e. The van der Waals surface area contributed by atoms with E-state index in [2.05, 4.69) is 76.5 Å². The normalized spacial score (nSPS) is 11.1. The van der Waals surface area contributed by atoms with E-state index in [0.29, 0.717) is 0 Å². The van der Waals surface area contributed by atoms with Crippen LogP contribution in [-0.2, 0) is 19.6 Å². The number of fused-ring (bicyclic) bond motifs is 1. The molecule has 3 heteroatoms. The molecule has 0 fully saturated rings. The summed E-state index contributed by atoms with van der Waals surface area (Å²) in [7, 11) is 0. The van der Waals surface area contributed by atoms with Crippen LogP contribution in [0, 0.1) is 6.92 Å². The molecule has 0 atom stereocenters. The second-order valence-corrected chi connectivity index (χ2v) is 6.71. The van der Waals surface area contributed by atoms with Crippen LogP contribution >= 0.6 is 0 Å². The van der Waals surface area contributed by atoms with Crippen molar-refractivity contribution in [3.63, 3.8) is 0 Å². The zero-order valence-electron chi connectivity index (χ0n) is 15.0. The molecule has 2 heterocycles. The third-order valence-corrected chi connectivity index (χ3v) is 4.69. The van der Waals surface area contributed by atoms with Gasteiger partial charge in [0.05, 0.1) is 5.69 Å². The second-order valence-electron chi connectivity index (χ2n) is 6.71. The molecule has 0 saturated heterocycles. The van der Waals surface area contributed by atoms with Crippen LogP contribution < -0.4 is 5.32 Å². The highest BCUT2D eigenvalue weighted by atomic mass is 15.0. The highest BCUT2D eigenvalue weighted by Crippen LogP contribution is 2.22. The summed E-state index contributed by atoms with van der Waals surface area (Å²) in [5.74, 6) is 0. The molecule has 0 amide bonds. The van der Waals surface area contributed by atoms with Crippen LogP contribution in [0.2, 0.25) is 0 Å². The highest BCUT2D eigenvalue weighted by molar-refractivity contribution is 5.84. The number of aryl methyl sites for hydroxylation is 1. The first-order chi connectivity index (χ1) is 12.8. The molecule has 130 valence electrons. The standard InChI is InChI=1S/C23H23N3/c1-18-9-11-19(12-10-18)16-26-17-20(22-7-2-3-8-23(22)26)14-24-15-21-6-4-5-13-25-21/h2-13,17,24H,14-16H2,1H3. The van der Waals surface area contributed by atoms with E-state index in [-0.39, 0.29) is 0 Å². The summed E-state index contributed by atoms with van der Waals surface area (Å²) in [5, 5.41) is 4.83. The van der Waals surface area contributed by atoms with Gasteiger partial charge in [0.15, 0.2) is 0 Å². The third-order valence-electron chi connectivity index (χ3n) is 4.69. The van der Waals surface area contributed by atoms with Gasteiger partial charge in [-0.1, -0.05) is 54.1 Å². The molecule has 0 unspecified atom stereocenters. The van der Waals surface area contributed by atoms with Gasteiger partial charge in [-0.15, -0.1) is 0 Å². The van der Waals surface area contributed by atoms with Gasteiger partial charge >= 0.3 is 0 Å². The highest BCUT2D eigenvalue weighted by Gasteiger charge is 2.08. The van der Waals surface area contributed by atoms with Crippen LogP contribution in [0.4, 0.5) is 0 Å². The number of nitrogens with zero attached hydrogens (tertiary/aromatic N) is 2. The maximum atomic E-state index is 4.37. The number of pyridine rings is 1. The van der Waals surface area contributed by atoms with Crippen molar-refractivity contribution >= 4 is 10.9 Å². The molecule has 0 bridgehead atoms. The fraction of sp³-hybridized carbons (Fsp3) is 0.174. The molecular formula is C23H23N3. The first-order valence-corrected chi connectivity index (χ1v) is 9.02. The molecule has 0 aliphatic rings. The molecular weight excluding hydrogens is 318 g/mol. The Kier molecular flexibility index (Phi) is 4.80. The predicted molar refractivity (Wildman–Crippen MR) is 107 cm³/mol. The van der Waals surface area contributed by atoms with Crippen LogP contribution in [-0.4, -0.2) is 9.55 Å². The number of para-hydroxylation sites is 1. The summed E-state index contributed by atoms with van der Waals surface area (Å²) in [6.45, 7) is 4.62. The molecule has 3 nitrogen and oxygen atoms in total. The van der Waals surface area contributed by atoms with Gasteiger partial charge in [-0.2, -0.15) is 0 Å². The Morgan fingerprint density at radius 1 is 0.885 bits per heavy atom. The lowest BCUT2D eigenvalue weighted by Crippen LogP contribution is -2.13. The number of hydrogen-bond donors (Lipinski definition) is 1. The Morgan fingerprint density at radius 2 is 1.69 bits per heavy atom. The molecule has 0 saturated carbocycles. The van der Waals surface area contributed by atoms with Crippen molar-refractivity contribution in [1.82, 2.24) is 14.9 Å². The van der Waals surface area contributed by atoms with Crippen LogP contribution in [0.25, 0.3) is 10.9 Å². The van der Waals surface area contributed by atoms with Crippen molar-refractivity contribution < 1.29 is 0 Å². The van der Waals surface area contributed by atoms with Crippen LogP contribution in [0.15, 0.2) is 79.1 Å². The summed E-state index contributed by atoms with van der Waals surface area (Å²) >= 11 is 0. The van der Waals surface area contributed by atoms with Gasteiger partial charge < -0.3 is 9.88 Å². The lowest BCUT2D eigenvalue weighted by atomic mass is 10.1. The minimum atomic E-state index is 0.776. The molecule has 2 aromatic carbocycles. The van der Waals surface area contributed by atoms with Crippen molar-refractivity contribution in [2.75, 3.05) is 0 Å². The van der Waals surface area contributed by atoms with E-state index in [4.69, 9.17) is 0 Å². The molecule has 4 rings (SSSR count). The Morgan fingerprint density at radius 3 is 2.50 bits per heavy atom. The van der Waals surface area contributed by atoms with Crippen LogP contribution in [0.1, 0.15) is 22.4 Å². The molecule has 0 aliphatic carbocycles. The van der Waals surface area contributed by atoms with E-state index < -0.39 is 0 Å². The van der Waals surface area contributed by atoms with Crippen molar-refractivity contribution in [3.8, 4) is 0 Å². The van der Waals surface area contributed by atoms with Gasteiger partial charge in [0.2, 0.25) is 0 Å². The Labute approximate surface area is 154 Å². The maximum absolute atomic E-state index is 4.37. The van der Waals surface area contributed by atoms with Gasteiger partial charge in [0.1, 0.15) is 0 Å². The molecule has 0 radical (unpaired) electrons. The Hall–Kier alpha value is -2.91. The minimum Gasteiger partial charge on any atom is -0.343 e.